The second-order valence-electron chi connectivity index (χ2n) is 7.76. The van der Waals surface area contributed by atoms with E-state index in [1.807, 2.05) is 30.3 Å². The molecule has 0 atom stereocenters. The van der Waals surface area contributed by atoms with Crippen molar-refractivity contribution in [1.82, 2.24) is 4.31 Å². The minimum absolute atomic E-state index is 0.125. The summed E-state index contributed by atoms with van der Waals surface area (Å²) in [6.45, 7) is 0.958. The molecular weight excluding hydrogens is 414 g/mol. The number of hydrogen-bond donors (Lipinski definition) is 1. The largest absolute Gasteiger partial charge is 0.325 e. The van der Waals surface area contributed by atoms with E-state index >= 15 is 0 Å². The first-order valence-electron chi connectivity index (χ1n) is 10.2. The maximum Gasteiger partial charge on any atom is 0.259 e. The molecule has 1 N–H and O–H groups in total. The third kappa shape index (κ3) is 3.37. The Hall–Kier alpha value is -3.23. The number of nitrogens with one attached hydrogen (secondary N) is 1. The van der Waals surface area contributed by atoms with Crippen molar-refractivity contribution in [2.75, 3.05) is 29.9 Å². The summed E-state index contributed by atoms with van der Waals surface area (Å²) in [4.78, 5) is 27.1. The van der Waals surface area contributed by atoms with Crippen LogP contribution in [-0.4, -0.2) is 44.2 Å². The molecule has 3 aromatic carbocycles. The lowest BCUT2D eigenvalue weighted by atomic mass is 10.1. The first-order valence-corrected chi connectivity index (χ1v) is 11.6. The molecule has 0 spiro atoms. The fourth-order valence-corrected chi connectivity index (χ4v) is 5.79. The Kier molecular flexibility index (Phi) is 4.75. The second-order valence-corrected chi connectivity index (χ2v) is 9.69. The monoisotopic (exact) mass is 435 g/mol. The van der Waals surface area contributed by atoms with E-state index in [0.717, 1.165) is 29.3 Å². The van der Waals surface area contributed by atoms with Crippen molar-refractivity contribution in [3.8, 4) is 0 Å². The van der Waals surface area contributed by atoms with Crippen LogP contribution in [0.4, 0.5) is 11.4 Å². The highest BCUT2D eigenvalue weighted by molar-refractivity contribution is 7.89. The van der Waals surface area contributed by atoms with E-state index in [1.165, 1.54) is 21.3 Å². The van der Waals surface area contributed by atoms with Crippen molar-refractivity contribution in [1.29, 1.82) is 0 Å². The Bertz CT molecular complexity index is 1290. The van der Waals surface area contributed by atoms with Crippen molar-refractivity contribution in [2.24, 2.45) is 0 Å². The predicted octanol–water partition coefficient (Wildman–Crippen LogP) is 3.22. The summed E-state index contributed by atoms with van der Waals surface area (Å²) >= 11 is 0. The molecule has 0 unspecified atom stereocenters. The van der Waals surface area contributed by atoms with Gasteiger partial charge in [-0.3, -0.25) is 14.5 Å². The number of amides is 2. The molecule has 0 aliphatic carbocycles. The number of sulfonamides is 1. The highest BCUT2D eigenvalue weighted by Gasteiger charge is 2.31. The average molecular weight is 436 g/mol. The van der Waals surface area contributed by atoms with Crippen LogP contribution in [0.15, 0.2) is 65.6 Å². The molecule has 0 bridgehead atoms. The van der Waals surface area contributed by atoms with Crippen LogP contribution in [0.3, 0.4) is 0 Å². The van der Waals surface area contributed by atoms with Gasteiger partial charge in [-0.05, 0) is 54.6 Å². The third-order valence-corrected chi connectivity index (χ3v) is 7.70. The number of carbonyl (C=O) groups is 2. The van der Waals surface area contributed by atoms with Crippen LogP contribution in [0.2, 0.25) is 0 Å². The van der Waals surface area contributed by atoms with E-state index in [4.69, 9.17) is 0 Å². The Labute approximate surface area is 180 Å². The molecule has 31 heavy (non-hydrogen) atoms. The van der Waals surface area contributed by atoms with Crippen LogP contribution in [0.25, 0.3) is 10.8 Å². The summed E-state index contributed by atoms with van der Waals surface area (Å²) < 4.78 is 26.7. The molecule has 2 amide bonds. The zero-order valence-electron chi connectivity index (χ0n) is 16.7. The van der Waals surface area contributed by atoms with E-state index in [2.05, 4.69) is 5.32 Å². The number of nitrogens with zero attached hydrogens (tertiary/aromatic N) is 2. The molecule has 0 saturated carbocycles. The highest BCUT2D eigenvalue weighted by atomic mass is 32.2. The number of hydrogen-bond acceptors (Lipinski definition) is 4. The third-order valence-electron chi connectivity index (χ3n) is 5.79. The van der Waals surface area contributed by atoms with Crippen molar-refractivity contribution in [2.45, 2.75) is 17.7 Å². The minimum Gasteiger partial charge on any atom is -0.325 e. The molecule has 2 aliphatic rings. The normalized spacial score (nSPS) is 16.3. The molecule has 158 valence electrons. The predicted molar refractivity (Wildman–Crippen MR) is 119 cm³/mol. The molecule has 0 radical (unpaired) electrons. The van der Waals surface area contributed by atoms with Crippen LogP contribution >= 0.6 is 0 Å². The van der Waals surface area contributed by atoms with Crippen LogP contribution in [0.5, 0.6) is 0 Å². The number of rotatable bonds is 5. The minimum atomic E-state index is -3.49. The van der Waals surface area contributed by atoms with Crippen LogP contribution in [0, 0.1) is 0 Å². The molecule has 3 aromatic rings. The van der Waals surface area contributed by atoms with Gasteiger partial charge in [-0.25, -0.2) is 8.42 Å². The summed E-state index contributed by atoms with van der Waals surface area (Å²) in [6, 6.07) is 17.3. The maximum atomic E-state index is 12.8. The Morgan fingerprint density at radius 1 is 0.935 bits per heavy atom. The van der Waals surface area contributed by atoms with Crippen LogP contribution in [-0.2, 0) is 14.8 Å². The van der Waals surface area contributed by atoms with E-state index in [-0.39, 0.29) is 23.3 Å². The lowest BCUT2D eigenvalue weighted by molar-refractivity contribution is -0.114. The summed E-state index contributed by atoms with van der Waals surface area (Å²) in [6.07, 6.45) is 1.75. The quantitative estimate of drug-likeness (QED) is 0.667. The lowest BCUT2D eigenvalue weighted by Gasteiger charge is -2.18. The van der Waals surface area contributed by atoms with Gasteiger partial charge < -0.3 is 5.32 Å². The van der Waals surface area contributed by atoms with Gasteiger partial charge in [0.2, 0.25) is 15.9 Å². The van der Waals surface area contributed by atoms with E-state index in [0.29, 0.717) is 24.3 Å². The SMILES string of the molecule is O=C(CN1C(=O)c2cccc3cccc1c23)Nc1ccc(S(=O)(=O)N2CCCC2)cc1. The summed E-state index contributed by atoms with van der Waals surface area (Å²) in [5.41, 5.74) is 1.80. The fraction of sp³-hybridized carbons (Fsp3) is 0.217. The van der Waals surface area contributed by atoms with Crippen molar-refractivity contribution in [3.05, 3.63) is 66.2 Å². The van der Waals surface area contributed by atoms with Gasteiger partial charge in [0, 0.05) is 29.7 Å². The molecule has 2 heterocycles. The van der Waals surface area contributed by atoms with Gasteiger partial charge in [0.1, 0.15) is 6.54 Å². The first-order chi connectivity index (χ1) is 14.9. The van der Waals surface area contributed by atoms with Gasteiger partial charge in [0.25, 0.3) is 5.91 Å². The Morgan fingerprint density at radius 3 is 2.32 bits per heavy atom. The van der Waals surface area contributed by atoms with Crippen LogP contribution in [0.1, 0.15) is 23.2 Å². The van der Waals surface area contributed by atoms with Crippen LogP contribution < -0.4 is 10.2 Å². The molecule has 1 saturated heterocycles. The zero-order valence-corrected chi connectivity index (χ0v) is 17.6. The summed E-state index contributed by atoms with van der Waals surface area (Å²) in [5, 5.41) is 4.57. The molecule has 1 fully saturated rings. The van der Waals surface area contributed by atoms with Crippen molar-refractivity contribution in [3.63, 3.8) is 0 Å². The molecule has 0 aromatic heterocycles. The number of anilines is 2. The topological polar surface area (TPSA) is 86.8 Å². The average Bonchev–Trinajstić information content (AvgIpc) is 3.40. The second kappa shape index (κ2) is 7.47. The Morgan fingerprint density at radius 2 is 1.61 bits per heavy atom. The molecule has 8 heteroatoms. The molecule has 2 aliphatic heterocycles. The summed E-state index contributed by atoms with van der Waals surface area (Å²) in [5.74, 6) is -0.553. The number of carbonyl (C=O) groups excluding carboxylic acids is 2. The Balaban J connectivity index is 1.31. The fourth-order valence-electron chi connectivity index (χ4n) is 4.27. The van der Waals surface area contributed by atoms with E-state index in [1.54, 1.807) is 18.2 Å². The maximum absolute atomic E-state index is 12.8. The van der Waals surface area contributed by atoms with Gasteiger partial charge in [-0.1, -0.05) is 24.3 Å². The van der Waals surface area contributed by atoms with Crippen molar-refractivity contribution < 1.29 is 18.0 Å². The standard InChI is InChI=1S/C23H21N3O4S/c27-21(15-26-20-8-4-6-16-5-3-7-19(22(16)20)23(26)28)24-17-9-11-18(12-10-17)31(29,30)25-13-1-2-14-25/h3-12H,1-2,13-15H2,(H,24,27). The highest BCUT2D eigenvalue weighted by Crippen LogP contribution is 2.37. The van der Waals surface area contributed by atoms with Gasteiger partial charge in [0.05, 0.1) is 10.6 Å². The van der Waals surface area contributed by atoms with Gasteiger partial charge in [-0.2, -0.15) is 4.31 Å². The van der Waals surface area contributed by atoms with Gasteiger partial charge in [0.15, 0.2) is 0 Å². The van der Waals surface area contributed by atoms with Gasteiger partial charge in [-0.15, -0.1) is 0 Å². The van der Waals surface area contributed by atoms with Gasteiger partial charge >= 0.3 is 0 Å². The number of benzene rings is 3. The molecule has 7 nitrogen and oxygen atoms in total. The first kappa shape index (κ1) is 19.7. The molecule has 5 rings (SSSR count). The smallest absolute Gasteiger partial charge is 0.259 e. The molecular formula is C23H21N3O4S. The van der Waals surface area contributed by atoms with E-state index in [9.17, 15) is 18.0 Å². The zero-order chi connectivity index (χ0) is 21.6. The van der Waals surface area contributed by atoms with Crippen molar-refractivity contribution >= 4 is 44.0 Å². The van der Waals surface area contributed by atoms with E-state index < -0.39 is 10.0 Å². The summed E-state index contributed by atoms with van der Waals surface area (Å²) in [7, 11) is -3.49. The lowest BCUT2D eigenvalue weighted by Crippen LogP contribution is -2.35.